The zero-order valence-electron chi connectivity index (χ0n) is 14.1. The van der Waals surface area contributed by atoms with E-state index in [2.05, 4.69) is 5.32 Å². The molecular weight excluding hydrogens is 339 g/mol. The number of ether oxygens (including phenoxy) is 1. The van der Waals surface area contributed by atoms with Crippen LogP contribution >= 0.6 is 0 Å². The van der Waals surface area contributed by atoms with Gasteiger partial charge in [-0.2, -0.15) is 0 Å². The van der Waals surface area contributed by atoms with Gasteiger partial charge in [0.05, 0.1) is 24.3 Å². The third kappa shape index (κ3) is 3.56. The van der Waals surface area contributed by atoms with Gasteiger partial charge in [0, 0.05) is 18.7 Å². The summed E-state index contributed by atoms with van der Waals surface area (Å²) in [6, 6.07) is 12.1. The van der Waals surface area contributed by atoms with Crippen LogP contribution in [0.5, 0.6) is 0 Å². The van der Waals surface area contributed by atoms with Gasteiger partial charge in [0.15, 0.2) is 0 Å². The summed E-state index contributed by atoms with van der Waals surface area (Å²) >= 11 is 0. The van der Waals surface area contributed by atoms with Crippen molar-refractivity contribution < 1.29 is 23.5 Å². The highest BCUT2D eigenvalue weighted by Gasteiger charge is 2.35. The Bertz CT molecular complexity index is 868. The number of nitrogens with one attached hydrogen (secondary N) is 1. The molecule has 0 saturated carbocycles. The van der Waals surface area contributed by atoms with Crippen LogP contribution in [0.1, 0.15) is 16.8 Å². The number of carbonyl (C=O) groups excluding carboxylic acids is 3. The molecule has 1 heterocycles. The number of esters is 1. The van der Waals surface area contributed by atoms with E-state index in [4.69, 9.17) is 4.74 Å². The second-order valence-corrected chi connectivity index (χ2v) is 5.91. The Kier molecular flexibility index (Phi) is 4.97. The van der Waals surface area contributed by atoms with Gasteiger partial charge in [0.25, 0.3) is 0 Å². The topological polar surface area (TPSA) is 75.7 Å². The predicted molar refractivity (Wildman–Crippen MR) is 93.3 cm³/mol. The molecule has 2 aromatic carbocycles. The first-order valence-corrected chi connectivity index (χ1v) is 8.03. The number of hydrogen-bond donors (Lipinski definition) is 1. The summed E-state index contributed by atoms with van der Waals surface area (Å²) in [5.74, 6) is -2.25. The van der Waals surface area contributed by atoms with Gasteiger partial charge in [0.2, 0.25) is 11.8 Å². The minimum absolute atomic E-state index is 0.0166. The van der Waals surface area contributed by atoms with E-state index in [-0.39, 0.29) is 30.3 Å². The van der Waals surface area contributed by atoms with E-state index in [1.165, 1.54) is 30.2 Å². The summed E-state index contributed by atoms with van der Waals surface area (Å²) in [5, 5.41) is 2.68. The minimum atomic E-state index is -0.600. The number of carbonyl (C=O) groups is 3. The Hall–Kier alpha value is -3.22. The molecule has 3 rings (SSSR count). The number of halogens is 1. The van der Waals surface area contributed by atoms with Crippen molar-refractivity contribution in [3.63, 3.8) is 0 Å². The molecule has 1 aliphatic rings. The maximum atomic E-state index is 13.4. The lowest BCUT2D eigenvalue weighted by molar-refractivity contribution is -0.122. The number of rotatable bonds is 4. The molecule has 1 N–H and O–H groups in total. The lowest BCUT2D eigenvalue weighted by Crippen LogP contribution is -2.28. The van der Waals surface area contributed by atoms with E-state index < -0.39 is 17.7 Å². The minimum Gasteiger partial charge on any atom is -0.465 e. The van der Waals surface area contributed by atoms with E-state index in [0.29, 0.717) is 11.4 Å². The second kappa shape index (κ2) is 7.35. The number of benzene rings is 2. The number of methoxy groups -OCH3 is 1. The SMILES string of the molecule is COC(=O)c1ccccc1NC(=O)C1CC(=O)N(c2cccc(F)c2)C1. The van der Waals surface area contributed by atoms with Crippen LogP contribution in [0.2, 0.25) is 0 Å². The third-order valence-electron chi connectivity index (χ3n) is 4.21. The third-order valence-corrected chi connectivity index (χ3v) is 4.21. The zero-order valence-corrected chi connectivity index (χ0v) is 14.1. The number of para-hydroxylation sites is 1. The van der Waals surface area contributed by atoms with Crippen molar-refractivity contribution in [3.05, 3.63) is 59.9 Å². The first-order valence-electron chi connectivity index (χ1n) is 8.03. The molecule has 0 aromatic heterocycles. The molecule has 7 heteroatoms. The molecule has 0 radical (unpaired) electrons. The Labute approximate surface area is 149 Å². The van der Waals surface area contributed by atoms with Crippen LogP contribution in [0.15, 0.2) is 48.5 Å². The van der Waals surface area contributed by atoms with Crippen molar-refractivity contribution in [2.24, 2.45) is 5.92 Å². The van der Waals surface area contributed by atoms with Gasteiger partial charge < -0.3 is 15.0 Å². The Balaban J connectivity index is 1.74. The molecule has 1 fully saturated rings. The quantitative estimate of drug-likeness (QED) is 0.855. The summed E-state index contributed by atoms with van der Waals surface area (Å²) in [6.07, 6.45) is 0.0166. The highest BCUT2D eigenvalue weighted by atomic mass is 19.1. The Morgan fingerprint density at radius 2 is 1.96 bits per heavy atom. The van der Waals surface area contributed by atoms with Crippen LogP contribution in [-0.4, -0.2) is 31.4 Å². The summed E-state index contributed by atoms with van der Waals surface area (Å²) in [6.45, 7) is 0.147. The van der Waals surface area contributed by atoms with Crippen molar-refractivity contribution >= 4 is 29.2 Å². The highest BCUT2D eigenvalue weighted by molar-refractivity contribution is 6.06. The molecular formula is C19H17FN2O4. The normalized spacial score (nSPS) is 16.5. The Morgan fingerprint density at radius 1 is 1.19 bits per heavy atom. The molecule has 0 spiro atoms. The smallest absolute Gasteiger partial charge is 0.339 e. The van der Waals surface area contributed by atoms with Gasteiger partial charge >= 0.3 is 5.97 Å². The first-order chi connectivity index (χ1) is 12.5. The van der Waals surface area contributed by atoms with E-state index >= 15 is 0 Å². The molecule has 2 aromatic rings. The summed E-state index contributed by atoms with van der Waals surface area (Å²) < 4.78 is 18.1. The second-order valence-electron chi connectivity index (χ2n) is 5.91. The van der Waals surface area contributed by atoms with E-state index in [0.717, 1.165) is 0 Å². The largest absolute Gasteiger partial charge is 0.465 e. The van der Waals surface area contributed by atoms with Crippen molar-refractivity contribution in [1.82, 2.24) is 0 Å². The van der Waals surface area contributed by atoms with Crippen molar-refractivity contribution in [2.45, 2.75) is 6.42 Å². The lowest BCUT2D eigenvalue weighted by atomic mass is 10.1. The average Bonchev–Trinajstić information content (AvgIpc) is 3.03. The van der Waals surface area contributed by atoms with Gasteiger partial charge in [-0.1, -0.05) is 18.2 Å². The number of nitrogens with zero attached hydrogens (tertiary/aromatic N) is 1. The molecule has 6 nitrogen and oxygen atoms in total. The Morgan fingerprint density at radius 3 is 2.69 bits per heavy atom. The molecule has 134 valence electrons. The summed E-state index contributed by atoms with van der Waals surface area (Å²) in [4.78, 5) is 38.0. The maximum absolute atomic E-state index is 13.4. The average molecular weight is 356 g/mol. The molecule has 1 unspecified atom stereocenters. The van der Waals surface area contributed by atoms with E-state index in [9.17, 15) is 18.8 Å². The number of amides is 2. The molecule has 1 atom stereocenters. The van der Waals surface area contributed by atoms with Crippen LogP contribution < -0.4 is 10.2 Å². The molecule has 1 saturated heterocycles. The first kappa shape index (κ1) is 17.6. The number of hydrogen-bond acceptors (Lipinski definition) is 4. The molecule has 26 heavy (non-hydrogen) atoms. The van der Waals surface area contributed by atoms with Crippen LogP contribution in [0.4, 0.5) is 15.8 Å². The van der Waals surface area contributed by atoms with Gasteiger partial charge in [0.1, 0.15) is 5.82 Å². The van der Waals surface area contributed by atoms with Crippen molar-refractivity contribution in [3.8, 4) is 0 Å². The van der Waals surface area contributed by atoms with Crippen LogP contribution in [0, 0.1) is 11.7 Å². The maximum Gasteiger partial charge on any atom is 0.339 e. The molecule has 1 aliphatic heterocycles. The standard InChI is InChI=1S/C19H17FN2O4/c1-26-19(25)15-7-2-3-8-16(15)21-18(24)12-9-17(23)22(11-12)14-6-4-5-13(20)10-14/h2-8,10,12H,9,11H2,1H3,(H,21,24). The zero-order chi connectivity index (χ0) is 18.7. The van der Waals surface area contributed by atoms with E-state index in [1.807, 2.05) is 0 Å². The van der Waals surface area contributed by atoms with Crippen LogP contribution in [-0.2, 0) is 14.3 Å². The highest BCUT2D eigenvalue weighted by Crippen LogP contribution is 2.27. The van der Waals surface area contributed by atoms with Crippen molar-refractivity contribution in [2.75, 3.05) is 23.9 Å². The number of anilines is 2. The van der Waals surface area contributed by atoms with Gasteiger partial charge in [-0.25, -0.2) is 9.18 Å². The summed E-state index contributed by atoms with van der Waals surface area (Å²) in [5.41, 5.74) is 0.968. The van der Waals surface area contributed by atoms with Crippen LogP contribution in [0.25, 0.3) is 0 Å². The van der Waals surface area contributed by atoms with E-state index in [1.54, 1.807) is 30.3 Å². The van der Waals surface area contributed by atoms with Gasteiger partial charge in [-0.3, -0.25) is 9.59 Å². The summed E-state index contributed by atoms with van der Waals surface area (Å²) in [7, 11) is 1.26. The van der Waals surface area contributed by atoms with Gasteiger partial charge in [-0.15, -0.1) is 0 Å². The fraction of sp³-hybridized carbons (Fsp3) is 0.211. The van der Waals surface area contributed by atoms with Gasteiger partial charge in [-0.05, 0) is 30.3 Å². The fourth-order valence-corrected chi connectivity index (χ4v) is 2.89. The lowest BCUT2D eigenvalue weighted by Gasteiger charge is -2.17. The molecule has 2 amide bonds. The predicted octanol–water partition coefficient (Wildman–Crippen LogP) is 2.60. The fourth-order valence-electron chi connectivity index (χ4n) is 2.89. The van der Waals surface area contributed by atoms with Crippen molar-refractivity contribution in [1.29, 1.82) is 0 Å². The monoisotopic (exact) mass is 356 g/mol. The molecule has 0 aliphatic carbocycles. The van der Waals surface area contributed by atoms with Crippen LogP contribution in [0.3, 0.4) is 0 Å². The molecule has 0 bridgehead atoms.